The molecule has 0 fully saturated rings. The summed E-state index contributed by atoms with van der Waals surface area (Å²) in [5, 5.41) is 0. The quantitative estimate of drug-likeness (QED) is 0.842. The highest BCUT2D eigenvalue weighted by Gasteiger charge is 2.05. The minimum atomic E-state index is -0.186. The first kappa shape index (κ1) is 10.7. The van der Waals surface area contributed by atoms with Crippen LogP contribution in [0.25, 0.3) is 0 Å². The van der Waals surface area contributed by atoms with Crippen molar-refractivity contribution in [2.45, 2.75) is 20.4 Å². The van der Waals surface area contributed by atoms with E-state index in [0.717, 1.165) is 11.3 Å². The Kier molecular flexibility index (Phi) is 2.64. The average Bonchev–Trinajstić information content (AvgIpc) is 2.55. The summed E-state index contributed by atoms with van der Waals surface area (Å²) >= 11 is 0. The minimum absolute atomic E-state index is 0.186. The van der Waals surface area contributed by atoms with Crippen LogP contribution in [-0.4, -0.2) is 9.55 Å². The maximum absolute atomic E-state index is 13.4. The highest BCUT2D eigenvalue weighted by molar-refractivity contribution is 5.28. The second-order valence-electron chi connectivity index (χ2n) is 3.93. The highest BCUT2D eigenvalue weighted by Crippen LogP contribution is 2.13. The number of aryl methyl sites for hydroxylation is 2. The molecule has 2 N–H and O–H groups in total. The first-order valence-corrected chi connectivity index (χ1v) is 5.10. The summed E-state index contributed by atoms with van der Waals surface area (Å²) in [5.41, 5.74) is 8.22. The van der Waals surface area contributed by atoms with E-state index in [4.69, 9.17) is 5.73 Å². The van der Waals surface area contributed by atoms with Crippen LogP contribution in [0, 0.1) is 19.7 Å². The lowest BCUT2D eigenvalue weighted by molar-refractivity contribution is 0.614. The van der Waals surface area contributed by atoms with Crippen molar-refractivity contribution in [1.29, 1.82) is 0 Å². The van der Waals surface area contributed by atoms with Gasteiger partial charge in [0, 0.05) is 5.69 Å². The van der Waals surface area contributed by atoms with Crippen LogP contribution < -0.4 is 5.73 Å². The molecule has 16 heavy (non-hydrogen) atoms. The number of nitrogens with two attached hydrogens (primary N) is 1. The van der Waals surface area contributed by atoms with Crippen LogP contribution in [-0.2, 0) is 6.54 Å². The molecule has 2 aromatic rings. The van der Waals surface area contributed by atoms with E-state index < -0.39 is 0 Å². The van der Waals surface area contributed by atoms with Crippen LogP contribution in [0.4, 0.5) is 10.3 Å². The van der Waals surface area contributed by atoms with Crippen molar-refractivity contribution in [3.05, 3.63) is 47.0 Å². The molecule has 0 saturated heterocycles. The van der Waals surface area contributed by atoms with Gasteiger partial charge in [-0.05, 0) is 31.0 Å². The summed E-state index contributed by atoms with van der Waals surface area (Å²) < 4.78 is 15.2. The summed E-state index contributed by atoms with van der Waals surface area (Å²) in [6.45, 7) is 4.22. The van der Waals surface area contributed by atoms with Gasteiger partial charge in [-0.1, -0.05) is 12.1 Å². The van der Waals surface area contributed by atoms with Crippen LogP contribution >= 0.6 is 0 Å². The largest absolute Gasteiger partial charge is 0.369 e. The van der Waals surface area contributed by atoms with E-state index in [0.29, 0.717) is 18.1 Å². The molecule has 0 saturated carbocycles. The smallest absolute Gasteiger partial charge is 0.200 e. The second kappa shape index (κ2) is 3.96. The third-order valence-electron chi connectivity index (χ3n) is 2.66. The Morgan fingerprint density at radius 1 is 1.38 bits per heavy atom. The van der Waals surface area contributed by atoms with Gasteiger partial charge in [0.15, 0.2) is 0 Å². The summed E-state index contributed by atoms with van der Waals surface area (Å²) in [6, 6.07) is 5.21. The lowest BCUT2D eigenvalue weighted by atomic mass is 10.1. The van der Waals surface area contributed by atoms with E-state index in [1.807, 2.05) is 17.6 Å². The molecule has 3 nitrogen and oxygen atoms in total. The SMILES string of the molecule is Cc1ccc(Cn2c(C)cnc2N)cc1F. The van der Waals surface area contributed by atoms with Gasteiger partial charge in [-0.15, -0.1) is 0 Å². The molecule has 0 aliphatic carbocycles. The Bertz CT molecular complexity index is 497. The molecule has 0 bridgehead atoms. The summed E-state index contributed by atoms with van der Waals surface area (Å²) in [5.74, 6) is 0.271. The first-order chi connectivity index (χ1) is 7.58. The maximum atomic E-state index is 13.4. The number of benzene rings is 1. The molecule has 0 amide bonds. The molecule has 1 aromatic carbocycles. The van der Waals surface area contributed by atoms with Crippen LogP contribution in [0.5, 0.6) is 0 Å². The van der Waals surface area contributed by atoms with Crippen LogP contribution in [0.3, 0.4) is 0 Å². The number of aromatic nitrogens is 2. The summed E-state index contributed by atoms with van der Waals surface area (Å²) in [7, 11) is 0. The van der Waals surface area contributed by atoms with E-state index in [1.165, 1.54) is 6.07 Å². The predicted octanol–water partition coefficient (Wildman–Crippen LogP) is 2.27. The number of hydrogen-bond acceptors (Lipinski definition) is 2. The van der Waals surface area contributed by atoms with Crippen LogP contribution in [0.15, 0.2) is 24.4 Å². The van der Waals surface area contributed by atoms with Crippen LogP contribution in [0.2, 0.25) is 0 Å². The zero-order valence-corrected chi connectivity index (χ0v) is 9.37. The van der Waals surface area contributed by atoms with Gasteiger partial charge in [-0.25, -0.2) is 9.37 Å². The summed E-state index contributed by atoms with van der Waals surface area (Å²) in [6.07, 6.45) is 1.71. The molecular formula is C12H14FN3. The van der Waals surface area contributed by atoms with Gasteiger partial charge < -0.3 is 10.3 Å². The summed E-state index contributed by atoms with van der Waals surface area (Å²) in [4.78, 5) is 4.00. The Hall–Kier alpha value is -1.84. The average molecular weight is 219 g/mol. The standard InChI is InChI=1S/C12H14FN3/c1-8-3-4-10(5-11(8)13)7-16-9(2)6-15-12(16)14/h3-6H,7H2,1-2H3,(H2,14,15). The van der Waals surface area contributed by atoms with E-state index >= 15 is 0 Å². The molecule has 2 rings (SSSR count). The van der Waals surface area contributed by atoms with Gasteiger partial charge in [0.05, 0.1) is 12.7 Å². The number of nitrogen functional groups attached to an aromatic ring is 1. The maximum Gasteiger partial charge on any atom is 0.200 e. The monoisotopic (exact) mass is 219 g/mol. The van der Waals surface area contributed by atoms with Crippen molar-refractivity contribution in [1.82, 2.24) is 9.55 Å². The van der Waals surface area contributed by atoms with Crippen molar-refractivity contribution in [2.24, 2.45) is 0 Å². The Labute approximate surface area is 93.7 Å². The molecule has 0 aliphatic rings. The second-order valence-corrected chi connectivity index (χ2v) is 3.93. The third kappa shape index (κ3) is 1.91. The van der Waals surface area contributed by atoms with Crippen molar-refractivity contribution in [2.75, 3.05) is 5.73 Å². The van der Waals surface area contributed by atoms with Gasteiger partial charge in [0.25, 0.3) is 0 Å². The van der Waals surface area contributed by atoms with E-state index in [2.05, 4.69) is 4.98 Å². The van der Waals surface area contributed by atoms with Gasteiger partial charge in [0.1, 0.15) is 5.82 Å². The lowest BCUT2D eigenvalue weighted by Crippen LogP contribution is -2.06. The number of halogens is 1. The molecule has 0 aliphatic heterocycles. The lowest BCUT2D eigenvalue weighted by Gasteiger charge is -2.08. The number of rotatable bonds is 2. The molecule has 0 radical (unpaired) electrons. The molecule has 0 atom stereocenters. The molecule has 4 heteroatoms. The fourth-order valence-corrected chi connectivity index (χ4v) is 1.60. The number of hydrogen-bond donors (Lipinski definition) is 1. The van der Waals surface area contributed by atoms with Crippen molar-refractivity contribution in [3.8, 4) is 0 Å². The van der Waals surface area contributed by atoms with Gasteiger partial charge in [-0.3, -0.25) is 0 Å². The van der Waals surface area contributed by atoms with Crippen molar-refractivity contribution in [3.63, 3.8) is 0 Å². The zero-order valence-electron chi connectivity index (χ0n) is 9.37. The molecular weight excluding hydrogens is 205 g/mol. The highest BCUT2D eigenvalue weighted by atomic mass is 19.1. The van der Waals surface area contributed by atoms with Gasteiger partial charge >= 0.3 is 0 Å². The van der Waals surface area contributed by atoms with Crippen molar-refractivity contribution < 1.29 is 4.39 Å². The Balaban J connectivity index is 2.31. The number of nitrogens with zero attached hydrogens (tertiary/aromatic N) is 2. The number of anilines is 1. The molecule has 1 aromatic heterocycles. The van der Waals surface area contributed by atoms with E-state index in [9.17, 15) is 4.39 Å². The first-order valence-electron chi connectivity index (χ1n) is 5.10. The van der Waals surface area contributed by atoms with E-state index in [-0.39, 0.29) is 5.82 Å². The molecule has 0 spiro atoms. The zero-order chi connectivity index (χ0) is 11.7. The molecule has 1 heterocycles. The fourth-order valence-electron chi connectivity index (χ4n) is 1.60. The van der Waals surface area contributed by atoms with Crippen LogP contribution in [0.1, 0.15) is 16.8 Å². The fraction of sp³-hybridized carbons (Fsp3) is 0.250. The van der Waals surface area contributed by atoms with Crippen molar-refractivity contribution >= 4 is 5.95 Å². The molecule has 84 valence electrons. The Morgan fingerprint density at radius 3 is 2.69 bits per heavy atom. The van der Waals surface area contributed by atoms with E-state index in [1.54, 1.807) is 19.2 Å². The third-order valence-corrected chi connectivity index (χ3v) is 2.66. The predicted molar refractivity (Wildman–Crippen MR) is 61.6 cm³/mol. The number of imidazole rings is 1. The molecule has 0 unspecified atom stereocenters. The minimum Gasteiger partial charge on any atom is -0.369 e. The van der Waals surface area contributed by atoms with Gasteiger partial charge in [0.2, 0.25) is 5.95 Å². The Morgan fingerprint density at radius 2 is 2.12 bits per heavy atom. The topological polar surface area (TPSA) is 43.8 Å². The normalized spacial score (nSPS) is 10.7. The van der Waals surface area contributed by atoms with Gasteiger partial charge in [-0.2, -0.15) is 0 Å².